The van der Waals surface area contributed by atoms with E-state index in [-0.39, 0.29) is 28.3 Å². The molecule has 0 aliphatic heterocycles. The summed E-state index contributed by atoms with van der Waals surface area (Å²) in [6.07, 6.45) is 4.39. The third-order valence-electron chi connectivity index (χ3n) is 4.36. The molecule has 0 saturated heterocycles. The van der Waals surface area contributed by atoms with Crippen molar-refractivity contribution in [2.45, 2.75) is 68.1 Å². The first kappa shape index (κ1) is 21.7. The van der Waals surface area contributed by atoms with Gasteiger partial charge in [-0.05, 0) is 56.2 Å². The number of benzene rings is 1. The predicted molar refractivity (Wildman–Crippen MR) is 111 cm³/mol. The van der Waals surface area contributed by atoms with Crippen LogP contribution in [-0.4, -0.2) is 45.8 Å². The summed E-state index contributed by atoms with van der Waals surface area (Å²) >= 11 is 1.24. The maximum Gasteiger partial charge on any atom is 0.243 e. The maximum atomic E-state index is 12.7. The van der Waals surface area contributed by atoms with Gasteiger partial charge < -0.3 is 5.32 Å². The molecule has 1 aliphatic carbocycles. The fourth-order valence-electron chi connectivity index (χ4n) is 3.24. The Hall–Kier alpha value is -1.98. The summed E-state index contributed by atoms with van der Waals surface area (Å²) in [5, 5.41) is 15.1. The van der Waals surface area contributed by atoms with Crippen molar-refractivity contribution in [3.8, 4) is 0 Å². The molecule has 1 aromatic carbocycles. The largest absolute Gasteiger partial charge is 0.324 e. The quantitative estimate of drug-likeness (QED) is 0.638. The van der Waals surface area contributed by atoms with E-state index in [0.717, 1.165) is 25.7 Å². The van der Waals surface area contributed by atoms with Crippen molar-refractivity contribution in [2.24, 2.45) is 0 Å². The van der Waals surface area contributed by atoms with Crippen LogP contribution in [0.4, 0.5) is 5.69 Å². The number of carbonyl (C=O) groups excluding carboxylic acids is 1. The lowest BCUT2D eigenvalue weighted by atomic mass is 10.1. The molecule has 0 bridgehead atoms. The van der Waals surface area contributed by atoms with Gasteiger partial charge in [-0.3, -0.25) is 4.79 Å². The minimum Gasteiger partial charge on any atom is -0.324 e. The number of nitrogens with one attached hydrogen (secondary N) is 2. The molecule has 29 heavy (non-hydrogen) atoms. The molecule has 2 aromatic rings. The van der Waals surface area contributed by atoms with Crippen LogP contribution in [0.25, 0.3) is 0 Å². The van der Waals surface area contributed by atoms with E-state index in [1.807, 2.05) is 0 Å². The highest BCUT2D eigenvalue weighted by atomic mass is 32.2. The van der Waals surface area contributed by atoms with Gasteiger partial charge in [-0.1, -0.05) is 36.7 Å². The van der Waals surface area contributed by atoms with E-state index >= 15 is 0 Å². The fraction of sp³-hybridized carbons (Fsp3) is 0.556. The van der Waals surface area contributed by atoms with Crippen molar-refractivity contribution in [2.75, 3.05) is 11.1 Å². The second-order valence-electron chi connectivity index (χ2n) is 8.03. The maximum absolute atomic E-state index is 12.7. The van der Waals surface area contributed by atoms with Crippen molar-refractivity contribution < 1.29 is 13.2 Å². The number of nitrogens with zero attached hydrogens (tertiary/aromatic N) is 4. The smallest absolute Gasteiger partial charge is 0.243 e. The van der Waals surface area contributed by atoms with E-state index in [2.05, 4.69) is 25.6 Å². The highest BCUT2D eigenvalue weighted by Crippen LogP contribution is 2.31. The molecule has 11 heteroatoms. The Labute approximate surface area is 175 Å². The van der Waals surface area contributed by atoms with Gasteiger partial charge in [0.2, 0.25) is 21.1 Å². The van der Waals surface area contributed by atoms with Gasteiger partial charge in [0.15, 0.2) is 0 Å². The van der Waals surface area contributed by atoms with Crippen molar-refractivity contribution in [3.63, 3.8) is 0 Å². The molecular formula is C18H26N6O3S2. The van der Waals surface area contributed by atoms with Gasteiger partial charge in [0.1, 0.15) is 4.90 Å². The Morgan fingerprint density at radius 2 is 1.93 bits per heavy atom. The molecule has 1 heterocycles. The van der Waals surface area contributed by atoms with Gasteiger partial charge in [-0.15, -0.1) is 5.10 Å². The summed E-state index contributed by atoms with van der Waals surface area (Å²) < 4.78 is 29.8. The number of rotatable bonds is 7. The molecule has 1 aliphatic rings. The van der Waals surface area contributed by atoms with Gasteiger partial charge in [0.05, 0.1) is 17.5 Å². The van der Waals surface area contributed by atoms with Gasteiger partial charge in [-0.2, -0.15) is 0 Å². The monoisotopic (exact) mass is 438 g/mol. The number of aromatic nitrogens is 4. The van der Waals surface area contributed by atoms with Crippen molar-refractivity contribution in [3.05, 3.63) is 24.3 Å². The fourth-order valence-corrected chi connectivity index (χ4v) is 5.56. The van der Waals surface area contributed by atoms with Crippen molar-refractivity contribution in [1.82, 2.24) is 24.9 Å². The molecule has 0 atom stereocenters. The minimum absolute atomic E-state index is 0.0315. The number of tetrazole rings is 1. The van der Waals surface area contributed by atoms with E-state index in [1.165, 1.54) is 17.8 Å². The normalized spacial score (nSPS) is 15.6. The summed E-state index contributed by atoms with van der Waals surface area (Å²) in [7, 11) is -3.78. The minimum atomic E-state index is -3.78. The molecule has 1 amide bonds. The van der Waals surface area contributed by atoms with Crippen LogP contribution in [-0.2, 0) is 14.8 Å². The first-order chi connectivity index (χ1) is 13.7. The molecule has 0 unspecified atom stereocenters. The molecule has 0 spiro atoms. The molecule has 3 rings (SSSR count). The van der Waals surface area contributed by atoms with E-state index in [4.69, 9.17) is 0 Å². The third kappa shape index (κ3) is 5.77. The van der Waals surface area contributed by atoms with E-state index in [1.54, 1.807) is 43.7 Å². The second kappa shape index (κ2) is 8.80. The summed E-state index contributed by atoms with van der Waals surface area (Å²) in [5.41, 5.74) is -0.395. The number of anilines is 1. The lowest BCUT2D eigenvalue weighted by Gasteiger charge is -2.21. The Morgan fingerprint density at radius 3 is 2.62 bits per heavy atom. The predicted octanol–water partition coefficient (Wildman–Crippen LogP) is 2.60. The first-order valence-corrected chi connectivity index (χ1v) is 12.0. The van der Waals surface area contributed by atoms with E-state index < -0.39 is 15.6 Å². The van der Waals surface area contributed by atoms with Gasteiger partial charge in [-0.25, -0.2) is 17.8 Å². The average molecular weight is 439 g/mol. The molecule has 0 radical (unpaired) electrons. The number of hydrogen-bond donors (Lipinski definition) is 2. The highest BCUT2D eigenvalue weighted by Gasteiger charge is 2.25. The summed E-state index contributed by atoms with van der Waals surface area (Å²) in [6, 6.07) is 6.63. The van der Waals surface area contributed by atoms with Gasteiger partial charge in [0.25, 0.3) is 0 Å². The number of para-hydroxylation sites is 1. The Bertz CT molecular complexity index is 962. The van der Waals surface area contributed by atoms with Crippen LogP contribution in [0, 0.1) is 0 Å². The van der Waals surface area contributed by atoms with Crippen LogP contribution in [0.3, 0.4) is 0 Å². The van der Waals surface area contributed by atoms with Crippen LogP contribution in [0.15, 0.2) is 34.3 Å². The van der Waals surface area contributed by atoms with Gasteiger partial charge in [0, 0.05) is 5.54 Å². The molecule has 2 N–H and O–H groups in total. The van der Waals surface area contributed by atoms with Crippen LogP contribution < -0.4 is 10.0 Å². The topological polar surface area (TPSA) is 119 Å². The zero-order valence-corrected chi connectivity index (χ0v) is 18.4. The summed E-state index contributed by atoms with van der Waals surface area (Å²) in [4.78, 5) is 12.5. The Morgan fingerprint density at radius 1 is 1.24 bits per heavy atom. The number of hydrogen-bond acceptors (Lipinski definition) is 7. The number of thioether (sulfide) groups is 1. The van der Waals surface area contributed by atoms with Gasteiger partial charge >= 0.3 is 0 Å². The zero-order chi connectivity index (χ0) is 21.1. The SMILES string of the molecule is CC(C)(C)NS(=O)(=O)c1ccccc1NC(=O)CSc1nnnn1C1CCCC1. The standard InChI is InChI=1S/C18H26N6O3S2/c1-18(2,3)21-29(26,27)15-11-7-6-10-14(15)19-16(25)12-28-17-20-22-23-24(17)13-8-4-5-9-13/h6-7,10-11,13,21H,4-5,8-9,12H2,1-3H3,(H,19,25). The van der Waals surface area contributed by atoms with Crippen LogP contribution in [0.5, 0.6) is 0 Å². The number of carbonyl (C=O) groups is 1. The summed E-state index contributed by atoms with van der Waals surface area (Å²) in [6.45, 7) is 5.28. The van der Waals surface area contributed by atoms with Crippen LogP contribution in [0.1, 0.15) is 52.5 Å². The third-order valence-corrected chi connectivity index (χ3v) is 7.11. The molecule has 1 saturated carbocycles. The Balaban J connectivity index is 1.67. The average Bonchev–Trinajstić information content (AvgIpc) is 3.29. The van der Waals surface area contributed by atoms with E-state index in [0.29, 0.717) is 5.16 Å². The lowest BCUT2D eigenvalue weighted by Crippen LogP contribution is -2.40. The zero-order valence-electron chi connectivity index (χ0n) is 16.8. The lowest BCUT2D eigenvalue weighted by molar-refractivity contribution is -0.113. The molecule has 158 valence electrons. The number of sulfonamides is 1. The Kier molecular flexibility index (Phi) is 6.59. The first-order valence-electron chi connectivity index (χ1n) is 9.49. The molecule has 9 nitrogen and oxygen atoms in total. The van der Waals surface area contributed by atoms with E-state index in [9.17, 15) is 13.2 Å². The summed E-state index contributed by atoms with van der Waals surface area (Å²) in [5.74, 6) is -0.247. The van der Waals surface area contributed by atoms with Crippen LogP contribution >= 0.6 is 11.8 Å². The van der Waals surface area contributed by atoms with Crippen molar-refractivity contribution in [1.29, 1.82) is 0 Å². The highest BCUT2D eigenvalue weighted by molar-refractivity contribution is 7.99. The molecular weight excluding hydrogens is 412 g/mol. The molecule has 1 fully saturated rings. The second-order valence-corrected chi connectivity index (χ2v) is 10.6. The van der Waals surface area contributed by atoms with Crippen LogP contribution in [0.2, 0.25) is 0 Å². The van der Waals surface area contributed by atoms with Crippen molar-refractivity contribution >= 4 is 33.4 Å². The molecule has 1 aromatic heterocycles. The number of amides is 1.